The van der Waals surface area contributed by atoms with E-state index in [1.54, 1.807) is 0 Å². The lowest BCUT2D eigenvalue weighted by Gasteiger charge is -2.37. The Morgan fingerprint density at radius 3 is 2.56 bits per heavy atom. The minimum Gasteiger partial charge on any atom is -0.388 e. The first kappa shape index (κ1) is 13.9. The molecule has 3 heteroatoms. The standard InChI is InChI=1S/C15H27NO2/c1-14(2)6-3-5-12(10-14)9-13(17)16-11-15(18)7-4-8-15/h12,18H,3-11H2,1-2H3,(H,16,17). The van der Waals surface area contributed by atoms with E-state index in [1.165, 1.54) is 19.3 Å². The Hall–Kier alpha value is -0.570. The number of aliphatic hydroxyl groups is 1. The van der Waals surface area contributed by atoms with E-state index in [4.69, 9.17) is 0 Å². The van der Waals surface area contributed by atoms with Crippen LogP contribution >= 0.6 is 0 Å². The van der Waals surface area contributed by atoms with Crippen LogP contribution in [0.25, 0.3) is 0 Å². The zero-order valence-electron chi connectivity index (χ0n) is 11.8. The van der Waals surface area contributed by atoms with Gasteiger partial charge in [-0.3, -0.25) is 4.79 Å². The molecule has 0 spiro atoms. The van der Waals surface area contributed by atoms with Crippen LogP contribution in [0.4, 0.5) is 0 Å². The molecule has 104 valence electrons. The summed E-state index contributed by atoms with van der Waals surface area (Å²) < 4.78 is 0. The minimum absolute atomic E-state index is 0.123. The van der Waals surface area contributed by atoms with Crippen molar-refractivity contribution in [3.05, 3.63) is 0 Å². The highest BCUT2D eigenvalue weighted by Gasteiger charge is 2.35. The van der Waals surface area contributed by atoms with Gasteiger partial charge in [-0.15, -0.1) is 0 Å². The van der Waals surface area contributed by atoms with Crippen LogP contribution in [-0.2, 0) is 4.79 Å². The smallest absolute Gasteiger partial charge is 0.220 e. The molecule has 18 heavy (non-hydrogen) atoms. The Morgan fingerprint density at radius 1 is 1.28 bits per heavy atom. The van der Waals surface area contributed by atoms with Crippen LogP contribution in [0, 0.1) is 11.3 Å². The van der Waals surface area contributed by atoms with Gasteiger partial charge >= 0.3 is 0 Å². The highest BCUT2D eigenvalue weighted by molar-refractivity contribution is 5.76. The van der Waals surface area contributed by atoms with Gasteiger partial charge in [0.05, 0.1) is 5.60 Å². The molecule has 0 bridgehead atoms. The first-order valence-electron chi connectivity index (χ1n) is 7.38. The summed E-state index contributed by atoms with van der Waals surface area (Å²) in [6.07, 6.45) is 8.27. The van der Waals surface area contributed by atoms with Crippen LogP contribution in [0.2, 0.25) is 0 Å². The maximum absolute atomic E-state index is 11.9. The molecular weight excluding hydrogens is 226 g/mol. The van der Waals surface area contributed by atoms with Gasteiger partial charge in [0.25, 0.3) is 0 Å². The predicted octanol–water partition coefficient (Wildman–Crippen LogP) is 2.62. The predicted molar refractivity (Wildman–Crippen MR) is 72.2 cm³/mol. The second-order valence-electron chi connectivity index (χ2n) is 7.19. The number of nitrogens with one attached hydrogen (secondary N) is 1. The second kappa shape index (κ2) is 5.20. The SMILES string of the molecule is CC1(C)CCCC(CC(=O)NCC2(O)CCC2)C1. The molecule has 3 nitrogen and oxygen atoms in total. The number of carbonyl (C=O) groups is 1. The molecule has 2 N–H and O–H groups in total. The van der Waals surface area contributed by atoms with Gasteiger partial charge in [0.1, 0.15) is 0 Å². The van der Waals surface area contributed by atoms with Crippen molar-refractivity contribution in [3.63, 3.8) is 0 Å². The Kier molecular flexibility index (Phi) is 4.00. The summed E-state index contributed by atoms with van der Waals surface area (Å²) in [5.41, 5.74) is -0.198. The van der Waals surface area contributed by atoms with Gasteiger partial charge in [-0.25, -0.2) is 0 Å². The van der Waals surface area contributed by atoms with E-state index in [0.717, 1.165) is 25.7 Å². The van der Waals surface area contributed by atoms with Gasteiger partial charge < -0.3 is 10.4 Å². The molecule has 0 saturated heterocycles. The highest BCUT2D eigenvalue weighted by atomic mass is 16.3. The Morgan fingerprint density at radius 2 is 2.00 bits per heavy atom. The average molecular weight is 253 g/mol. The Bertz CT molecular complexity index is 308. The molecule has 0 aliphatic heterocycles. The molecule has 0 aromatic heterocycles. The molecular formula is C15H27NO2. The number of amides is 1. The monoisotopic (exact) mass is 253 g/mol. The maximum Gasteiger partial charge on any atom is 0.220 e. The van der Waals surface area contributed by atoms with Crippen molar-refractivity contribution in [2.24, 2.45) is 11.3 Å². The van der Waals surface area contributed by atoms with E-state index in [1.807, 2.05) is 0 Å². The summed E-state index contributed by atoms with van der Waals surface area (Å²) in [5.74, 6) is 0.655. The Labute approximate surface area is 110 Å². The van der Waals surface area contributed by atoms with E-state index in [-0.39, 0.29) is 5.91 Å². The van der Waals surface area contributed by atoms with Gasteiger partial charge in [0, 0.05) is 13.0 Å². The molecule has 1 unspecified atom stereocenters. The third-order valence-electron chi connectivity index (χ3n) is 4.68. The number of carbonyl (C=O) groups excluding carboxylic acids is 1. The van der Waals surface area contributed by atoms with E-state index in [2.05, 4.69) is 19.2 Å². The lowest BCUT2D eigenvalue weighted by Crippen LogP contribution is -2.48. The summed E-state index contributed by atoms with van der Waals surface area (Å²) in [7, 11) is 0. The summed E-state index contributed by atoms with van der Waals surface area (Å²) in [6, 6.07) is 0. The van der Waals surface area contributed by atoms with Crippen molar-refractivity contribution < 1.29 is 9.90 Å². The van der Waals surface area contributed by atoms with Gasteiger partial charge in [0.2, 0.25) is 5.91 Å². The second-order valence-corrected chi connectivity index (χ2v) is 7.19. The van der Waals surface area contributed by atoms with Crippen molar-refractivity contribution in [2.75, 3.05) is 6.54 Å². The minimum atomic E-state index is -0.596. The van der Waals surface area contributed by atoms with E-state index >= 15 is 0 Å². The molecule has 2 rings (SSSR count). The first-order valence-corrected chi connectivity index (χ1v) is 7.38. The van der Waals surface area contributed by atoms with Crippen molar-refractivity contribution in [1.82, 2.24) is 5.32 Å². The van der Waals surface area contributed by atoms with Crippen molar-refractivity contribution >= 4 is 5.91 Å². The number of hydrogen-bond acceptors (Lipinski definition) is 2. The summed E-state index contributed by atoms with van der Waals surface area (Å²) >= 11 is 0. The van der Waals surface area contributed by atoms with E-state index in [9.17, 15) is 9.90 Å². The summed E-state index contributed by atoms with van der Waals surface area (Å²) in [4.78, 5) is 11.9. The maximum atomic E-state index is 11.9. The van der Waals surface area contributed by atoms with Crippen molar-refractivity contribution in [1.29, 1.82) is 0 Å². The van der Waals surface area contributed by atoms with Crippen molar-refractivity contribution in [3.8, 4) is 0 Å². The fourth-order valence-electron chi connectivity index (χ4n) is 3.39. The van der Waals surface area contributed by atoms with Crippen LogP contribution in [0.1, 0.15) is 65.2 Å². The molecule has 2 aliphatic carbocycles. The van der Waals surface area contributed by atoms with Gasteiger partial charge in [0.15, 0.2) is 0 Å². The van der Waals surface area contributed by atoms with Crippen LogP contribution in [0.15, 0.2) is 0 Å². The zero-order valence-corrected chi connectivity index (χ0v) is 11.8. The molecule has 0 heterocycles. The molecule has 2 fully saturated rings. The third-order valence-corrected chi connectivity index (χ3v) is 4.68. The molecule has 1 atom stereocenters. The largest absolute Gasteiger partial charge is 0.388 e. The number of rotatable bonds is 4. The number of hydrogen-bond donors (Lipinski definition) is 2. The molecule has 1 amide bonds. The van der Waals surface area contributed by atoms with Gasteiger partial charge in [-0.1, -0.05) is 20.3 Å². The average Bonchev–Trinajstić information content (AvgIpc) is 2.22. The van der Waals surface area contributed by atoms with E-state index < -0.39 is 5.60 Å². The molecule has 2 aliphatic rings. The fourth-order valence-corrected chi connectivity index (χ4v) is 3.39. The molecule has 0 aromatic carbocycles. The highest BCUT2D eigenvalue weighted by Crippen LogP contribution is 2.39. The quantitative estimate of drug-likeness (QED) is 0.809. The first-order chi connectivity index (χ1) is 8.39. The fraction of sp³-hybridized carbons (Fsp3) is 0.933. The lowest BCUT2D eigenvalue weighted by molar-refractivity contribution is -0.125. The van der Waals surface area contributed by atoms with Crippen LogP contribution in [0.3, 0.4) is 0 Å². The molecule has 0 aromatic rings. The normalized spacial score (nSPS) is 29.4. The zero-order chi connectivity index (χ0) is 13.2. The third kappa shape index (κ3) is 3.71. The van der Waals surface area contributed by atoms with E-state index in [0.29, 0.717) is 24.3 Å². The summed E-state index contributed by atoms with van der Waals surface area (Å²) in [6.45, 7) is 5.05. The molecule has 0 radical (unpaired) electrons. The van der Waals surface area contributed by atoms with Crippen LogP contribution in [0.5, 0.6) is 0 Å². The van der Waals surface area contributed by atoms with Gasteiger partial charge in [-0.05, 0) is 49.9 Å². The Balaban J connectivity index is 1.70. The summed E-state index contributed by atoms with van der Waals surface area (Å²) in [5, 5.41) is 12.8. The topological polar surface area (TPSA) is 49.3 Å². The lowest BCUT2D eigenvalue weighted by atomic mass is 9.71. The van der Waals surface area contributed by atoms with Crippen LogP contribution < -0.4 is 5.32 Å². The molecule has 2 saturated carbocycles. The van der Waals surface area contributed by atoms with Crippen LogP contribution in [-0.4, -0.2) is 23.2 Å². The van der Waals surface area contributed by atoms with Crippen molar-refractivity contribution in [2.45, 2.75) is 70.8 Å². The van der Waals surface area contributed by atoms with Gasteiger partial charge in [-0.2, -0.15) is 0 Å².